The van der Waals surface area contributed by atoms with Crippen LogP contribution in [-0.2, 0) is 16.0 Å². The molecule has 0 saturated carbocycles. The monoisotopic (exact) mass is 250 g/mol. The number of rotatable bonds is 5. The second kappa shape index (κ2) is 6.16. The molecule has 0 fully saturated rings. The van der Waals surface area contributed by atoms with Gasteiger partial charge in [0.25, 0.3) is 5.91 Å². The largest absolute Gasteiger partial charge is 0.480 e. The van der Waals surface area contributed by atoms with E-state index in [1.54, 1.807) is 12.1 Å². The molecule has 1 amide bonds. The minimum Gasteiger partial charge on any atom is -0.480 e. The lowest BCUT2D eigenvalue weighted by atomic mass is 10.1. The molecule has 1 unspecified atom stereocenters. The third-order valence-corrected chi connectivity index (χ3v) is 2.72. The average molecular weight is 250 g/mol. The number of carbonyl (C=O) groups excluding carboxylic acids is 1. The van der Waals surface area contributed by atoms with Crippen LogP contribution in [0.4, 0.5) is 5.69 Å². The van der Waals surface area contributed by atoms with Gasteiger partial charge in [0.1, 0.15) is 0 Å². The summed E-state index contributed by atoms with van der Waals surface area (Å²) < 4.78 is 0. The molecule has 0 spiro atoms. The summed E-state index contributed by atoms with van der Waals surface area (Å²) in [5, 5.41) is 8.69. The Balaban J connectivity index is 2.80. The number of anilines is 1. The molecule has 0 aliphatic heterocycles. The molecule has 3 N–H and O–H groups in total. The van der Waals surface area contributed by atoms with Crippen molar-refractivity contribution in [2.24, 2.45) is 5.73 Å². The van der Waals surface area contributed by atoms with Crippen molar-refractivity contribution in [2.45, 2.75) is 25.8 Å². The Morgan fingerprint density at radius 3 is 2.33 bits per heavy atom. The molecule has 0 bridgehead atoms. The van der Waals surface area contributed by atoms with E-state index in [1.807, 2.05) is 12.1 Å². The van der Waals surface area contributed by atoms with Crippen LogP contribution in [0.5, 0.6) is 0 Å². The summed E-state index contributed by atoms with van der Waals surface area (Å²) >= 11 is 0. The molecule has 5 nitrogen and oxygen atoms in total. The van der Waals surface area contributed by atoms with Crippen molar-refractivity contribution < 1.29 is 14.7 Å². The molecule has 0 aromatic heterocycles. The number of benzene rings is 1. The zero-order chi connectivity index (χ0) is 13.7. The maximum Gasteiger partial charge on any atom is 0.330 e. The average Bonchev–Trinajstić information content (AvgIpc) is 2.37. The molecule has 5 heteroatoms. The van der Waals surface area contributed by atoms with Crippen molar-refractivity contribution in [1.82, 2.24) is 0 Å². The van der Waals surface area contributed by atoms with Gasteiger partial charge in [-0.25, -0.2) is 4.79 Å². The van der Waals surface area contributed by atoms with Gasteiger partial charge in [-0.3, -0.25) is 4.79 Å². The van der Waals surface area contributed by atoms with Gasteiger partial charge in [0.05, 0.1) is 0 Å². The van der Waals surface area contributed by atoms with E-state index in [2.05, 4.69) is 6.92 Å². The molecule has 1 rings (SSSR count). The molecule has 0 heterocycles. The Morgan fingerprint density at radius 1 is 1.33 bits per heavy atom. The number of nitrogens with zero attached hydrogens (tertiary/aromatic N) is 1. The first kappa shape index (κ1) is 14.2. The highest BCUT2D eigenvalue weighted by atomic mass is 16.4. The molecule has 1 aromatic carbocycles. The van der Waals surface area contributed by atoms with Crippen molar-refractivity contribution in [1.29, 1.82) is 0 Å². The summed E-state index contributed by atoms with van der Waals surface area (Å²) in [4.78, 5) is 23.6. The quantitative estimate of drug-likeness (QED) is 0.764. The molecule has 0 radical (unpaired) electrons. The predicted octanol–water partition coefficient (Wildman–Crippen LogP) is 1.01. The van der Waals surface area contributed by atoms with Crippen LogP contribution in [0, 0.1) is 0 Å². The Morgan fingerprint density at radius 2 is 1.89 bits per heavy atom. The van der Waals surface area contributed by atoms with Gasteiger partial charge in [-0.05, 0) is 24.1 Å². The fourth-order valence-corrected chi connectivity index (χ4v) is 1.62. The lowest BCUT2D eigenvalue weighted by Gasteiger charge is -2.19. The molecule has 0 saturated heterocycles. The van der Waals surface area contributed by atoms with Crippen molar-refractivity contribution in [2.75, 3.05) is 11.9 Å². The summed E-state index contributed by atoms with van der Waals surface area (Å²) in [5.74, 6) is -1.96. The summed E-state index contributed by atoms with van der Waals surface area (Å²) in [6.07, 6.45) is 2.03. The van der Waals surface area contributed by atoms with Crippen molar-refractivity contribution in [3.63, 3.8) is 0 Å². The van der Waals surface area contributed by atoms with E-state index >= 15 is 0 Å². The zero-order valence-corrected chi connectivity index (χ0v) is 10.6. The van der Waals surface area contributed by atoms with Crippen LogP contribution in [0.25, 0.3) is 0 Å². The molecular weight excluding hydrogens is 232 g/mol. The number of carbonyl (C=O) groups is 2. The Bertz CT molecular complexity index is 428. The molecule has 0 aliphatic rings. The lowest BCUT2D eigenvalue weighted by molar-refractivity contribution is -0.142. The van der Waals surface area contributed by atoms with Gasteiger partial charge < -0.3 is 15.7 Å². The number of carboxylic acid groups (broad SMARTS) is 1. The van der Waals surface area contributed by atoms with E-state index in [0.29, 0.717) is 5.69 Å². The van der Waals surface area contributed by atoms with Crippen LogP contribution in [-0.4, -0.2) is 30.1 Å². The third-order valence-electron chi connectivity index (χ3n) is 2.72. The highest BCUT2D eigenvalue weighted by Gasteiger charge is 2.25. The van der Waals surface area contributed by atoms with Gasteiger partial charge in [-0.15, -0.1) is 0 Å². The van der Waals surface area contributed by atoms with Crippen LogP contribution in [0.15, 0.2) is 24.3 Å². The Hall–Kier alpha value is -1.88. The van der Waals surface area contributed by atoms with Crippen molar-refractivity contribution >= 4 is 17.6 Å². The highest BCUT2D eigenvalue weighted by molar-refractivity contribution is 6.08. The van der Waals surface area contributed by atoms with Crippen LogP contribution >= 0.6 is 0 Å². The lowest BCUT2D eigenvalue weighted by Crippen LogP contribution is -2.46. The zero-order valence-electron chi connectivity index (χ0n) is 10.6. The van der Waals surface area contributed by atoms with Crippen LogP contribution < -0.4 is 10.6 Å². The number of likely N-dealkylation sites (N-methyl/N-ethyl adjacent to an activating group) is 1. The summed E-state index contributed by atoms with van der Waals surface area (Å²) in [6, 6.07) is 5.91. The summed E-state index contributed by atoms with van der Waals surface area (Å²) in [5.41, 5.74) is 7.11. The first-order valence-electron chi connectivity index (χ1n) is 5.82. The normalized spacial score (nSPS) is 11.9. The fraction of sp³-hybridized carbons (Fsp3) is 0.385. The van der Waals surface area contributed by atoms with E-state index in [-0.39, 0.29) is 0 Å². The van der Waals surface area contributed by atoms with Gasteiger partial charge in [0.2, 0.25) is 0 Å². The summed E-state index contributed by atoms with van der Waals surface area (Å²) in [6.45, 7) is 2.09. The second-order valence-electron chi connectivity index (χ2n) is 4.13. The first-order valence-corrected chi connectivity index (χ1v) is 5.82. The SMILES string of the molecule is CCCc1ccc(N(C)C(=O)C(N)C(=O)O)cc1. The van der Waals surface area contributed by atoms with Crippen molar-refractivity contribution in [3.05, 3.63) is 29.8 Å². The number of aryl methyl sites for hydroxylation is 1. The molecule has 98 valence electrons. The number of carboxylic acids is 1. The Labute approximate surface area is 106 Å². The van der Waals surface area contributed by atoms with Gasteiger partial charge >= 0.3 is 5.97 Å². The number of hydrogen-bond donors (Lipinski definition) is 2. The number of aliphatic carboxylic acids is 1. The van der Waals surface area contributed by atoms with E-state index in [0.717, 1.165) is 12.8 Å². The van der Waals surface area contributed by atoms with Gasteiger partial charge in [-0.1, -0.05) is 25.5 Å². The van der Waals surface area contributed by atoms with E-state index in [1.165, 1.54) is 17.5 Å². The molecule has 1 atom stereocenters. The summed E-state index contributed by atoms with van der Waals surface area (Å²) in [7, 11) is 1.51. The standard InChI is InChI=1S/C13H18N2O3/c1-3-4-9-5-7-10(8-6-9)15(2)12(16)11(14)13(17)18/h5-8,11H,3-4,14H2,1-2H3,(H,17,18). The maximum absolute atomic E-state index is 11.7. The van der Waals surface area contributed by atoms with E-state index in [4.69, 9.17) is 10.8 Å². The number of hydrogen-bond acceptors (Lipinski definition) is 3. The van der Waals surface area contributed by atoms with Crippen LogP contribution in [0.1, 0.15) is 18.9 Å². The van der Waals surface area contributed by atoms with Crippen molar-refractivity contribution in [3.8, 4) is 0 Å². The van der Waals surface area contributed by atoms with Crippen LogP contribution in [0.3, 0.4) is 0 Å². The number of nitrogens with two attached hydrogens (primary N) is 1. The third kappa shape index (κ3) is 3.30. The van der Waals surface area contributed by atoms with Gasteiger partial charge in [0.15, 0.2) is 6.04 Å². The molecule has 1 aromatic rings. The minimum atomic E-state index is -1.52. The molecule has 18 heavy (non-hydrogen) atoms. The topological polar surface area (TPSA) is 83.6 Å². The fourth-order valence-electron chi connectivity index (χ4n) is 1.62. The minimum absolute atomic E-state index is 0.634. The molecule has 0 aliphatic carbocycles. The van der Waals surface area contributed by atoms with E-state index < -0.39 is 17.9 Å². The second-order valence-corrected chi connectivity index (χ2v) is 4.13. The van der Waals surface area contributed by atoms with Gasteiger partial charge in [0, 0.05) is 12.7 Å². The highest BCUT2D eigenvalue weighted by Crippen LogP contribution is 2.15. The molecular formula is C13H18N2O3. The van der Waals surface area contributed by atoms with E-state index in [9.17, 15) is 9.59 Å². The van der Waals surface area contributed by atoms with Gasteiger partial charge in [-0.2, -0.15) is 0 Å². The number of amides is 1. The first-order chi connectivity index (χ1) is 8.47. The predicted molar refractivity (Wildman–Crippen MR) is 69.5 cm³/mol. The van der Waals surface area contributed by atoms with Crippen LogP contribution in [0.2, 0.25) is 0 Å². The Kier molecular flexibility index (Phi) is 4.85. The smallest absolute Gasteiger partial charge is 0.330 e. The maximum atomic E-state index is 11.7.